The van der Waals surface area contributed by atoms with Crippen LogP contribution in [-0.4, -0.2) is 36.8 Å². The lowest BCUT2D eigenvalue weighted by Gasteiger charge is -2.33. The monoisotopic (exact) mass is 220 g/mol. The minimum atomic E-state index is -0.780. The van der Waals surface area contributed by atoms with E-state index in [4.69, 9.17) is 5.11 Å². The maximum absolute atomic E-state index is 10.9. The van der Waals surface area contributed by atoms with Gasteiger partial charge in [0.1, 0.15) is 6.04 Å². The van der Waals surface area contributed by atoms with Gasteiger partial charge in [-0.2, -0.15) is 0 Å². The van der Waals surface area contributed by atoms with Gasteiger partial charge in [-0.05, 0) is 24.6 Å². The number of aliphatic carboxylic acids is 1. The molecule has 1 unspecified atom stereocenters. The SMILES string of the molecule is Cc1cccc(N2CCNC(C(=O)O)C2)c1. The Bertz CT molecular complexity index is 392. The summed E-state index contributed by atoms with van der Waals surface area (Å²) in [4.78, 5) is 13.0. The zero-order valence-electron chi connectivity index (χ0n) is 9.31. The molecule has 1 heterocycles. The first-order chi connectivity index (χ1) is 7.66. The Morgan fingerprint density at radius 1 is 1.56 bits per heavy atom. The lowest BCUT2D eigenvalue weighted by molar-refractivity contribution is -0.139. The number of aryl methyl sites for hydroxylation is 1. The van der Waals surface area contributed by atoms with Gasteiger partial charge in [0.25, 0.3) is 0 Å². The smallest absolute Gasteiger partial charge is 0.322 e. The van der Waals surface area contributed by atoms with E-state index >= 15 is 0 Å². The molecule has 86 valence electrons. The zero-order chi connectivity index (χ0) is 11.5. The Morgan fingerprint density at radius 3 is 3.06 bits per heavy atom. The molecule has 2 rings (SSSR count). The normalized spacial score (nSPS) is 20.8. The molecule has 1 aliphatic rings. The molecular weight excluding hydrogens is 204 g/mol. The van der Waals surface area contributed by atoms with Gasteiger partial charge in [0.15, 0.2) is 0 Å². The van der Waals surface area contributed by atoms with Gasteiger partial charge in [-0.25, -0.2) is 0 Å². The van der Waals surface area contributed by atoms with Crippen molar-refractivity contribution < 1.29 is 9.90 Å². The van der Waals surface area contributed by atoms with Crippen molar-refractivity contribution in [3.8, 4) is 0 Å². The predicted molar refractivity (Wildman–Crippen MR) is 62.8 cm³/mol. The average Bonchev–Trinajstić information content (AvgIpc) is 2.29. The van der Waals surface area contributed by atoms with Crippen LogP contribution in [0.25, 0.3) is 0 Å². The van der Waals surface area contributed by atoms with Crippen LogP contribution >= 0.6 is 0 Å². The van der Waals surface area contributed by atoms with Crippen LogP contribution < -0.4 is 10.2 Å². The third kappa shape index (κ3) is 2.33. The fourth-order valence-corrected chi connectivity index (χ4v) is 1.97. The Balaban J connectivity index is 2.12. The number of hydrogen-bond donors (Lipinski definition) is 2. The van der Waals surface area contributed by atoms with Crippen LogP contribution in [0.3, 0.4) is 0 Å². The molecule has 4 nitrogen and oxygen atoms in total. The molecule has 1 atom stereocenters. The van der Waals surface area contributed by atoms with E-state index in [9.17, 15) is 4.79 Å². The molecule has 0 saturated carbocycles. The number of anilines is 1. The second kappa shape index (κ2) is 4.53. The minimum Gasteiger partial charge on any atom is -0.480 e. The van der Waals surface area contributed by atoms with E-state index in [1.165, 1.54) is 5.56 Å². The number of nitrogens with one attached hydrogen (secondary N) is 1. The van der Waals surface area contributed by atoms with Crippen LogP contribution in [0.1, 0.15) is 5.56 Å². The van der Waals surface area contributed by atoms with Gasteiger partial charge in [-0.3, -0.25) is 4.79 Å². The second-order valence-corrected chi connectivity index (χ2v) is 4.13. The molecule has 1 saturated heterocycles. The first kappa shape index (κ1) is 11.0. The zero-order valence-corrected chi connectivity index (χ0v) is 9.31. The predicted octanol–water partition coefficient (Wildman–Crippen LogP) is 0.858. The van der Waals surface area contributed by atoms with Gasteiger partial charge < -0.3 is 15.3 Å². The van der Waals surface area contributed by atoms with Gasteiger partial charge in [0.05, 0.1) is 0 Å². The van der Waals surface area contributed by atoms with Crippen molar-refractivity contribution in [1.29, 1.82) is 0 Å². The largest absolute Gasteiger partial charge is 0.480 e. The van der Waals surface area contributed by atoms with Gasteiger partial charge >= 0.3 is 5.97 Å². The fourth-order valence-electron chi connectivity index (χ4n) is 1.97. The molecule has 2 N–H and O–H groups in total. The van der Waals surface area contributed by atoms with Crippen molar-refractivity contribution in [3.63, 3.8) is 0 Å². The van der Waals surface area contributed by atoms with Crippen LogP contribution in [0.5, 0.6) is 0 Å². The van der Waals surface area contributed by atoms with Crippen LogP contribution in [0.4, 0.5) is 5.69 Å². The lowest BCUT2D eigenvalue weighted by atomic mass is 10.1. The number of carboxylic acid groups (broad SMARTS) is 1. The number of nitrogens with zero attached hydrogens (tertiary/aromatic N) is 1. The Labute approximate surface area is 94.9 Å². The van der Waals surface area contributed by atoms with E-state index in [0.717, 1.165) is 12.2 Å². The first-order valence-electron chi connectivity index (χ1n) is 5.44. The Hall–Kier alpha value is -1.55. The second-order valence-electron chi connectivity index (χ2n) is 4.13. The van der Waals surface area contributed by atoms with Crippen molar-refractivity contribution in [2.45, 2.75) is 13.0 Å². The van der Waals surface area contributed by atoms with Crippen molar-refractivity contribution >= 4 is 11.7 Å². The number of benzene rings is 1. The highest BCUT2D eigenvalue weighted by atomic mass is 16.4. The van der Waals surface area contributed by atoms with Crippen LogP contribution in [0, 0.1) is 6.92 Å². The maximum Gasteiger partial charge on any atom is 0.322 e. The van der Waals surface area contributed by atoms with Crippen molar-refractivity contribution in [1.82, 2.24) is 5.32 Å². The highest BCUT2D eigenvalue weighted by Gasteiger charge is 2.24. The Kier molecular flexibility index (Phi) is 3.10. The third-order valence-corrected chi connectivity index (χ3v) is 2.84. The molecule has 16 heavy (non-hydrogen) atoms. The van der Waals surface area contributed by atoms with E-state index in [1.807, 2.05) is 25.1 Å². The summed E-state index contributed by atoms with van der Waals surface area (Å²) in [5, 5.41) is 12.0. The Morgan fingerprint density at radius 2 is 2.38 bits per heavy atom. The summed E-state index contributed by atoms with van der Waals surface area (Å²) in [6.07, 6.45) is 0. The molecule has 0 aliphatic carbocycles. The van der Waals surface area contributed by atoms with Gasteiger partial charge in [-0.1, -0.05) is 12.1 Å². The number of carbonyl (C=O) groups is 1. The van der Waals surface area contributed by atoms with Gasteiger partial charge in [0.2, 0.25) is 0 Å². The molecule has 1 aromatic carbocycles. The van der Waals surface area contributed by atoms with Crippen molar-refractivity contribution in [2.75, 3.05) is 24.5 Å². The van der Waals surface area contributed by atoms with E-state index in [1.54, 1.807) is 0 Å². The molecule has 0 spiro atoms. The van der Waals surface area contributed by atoms with Crippen LogP contribution in [0.15, 0.2) is 24.3 Å². The summed E-state index contributed by atoms with van der Waals surface area (Å²) in [5.74, 6) is -0.780. The van der Waals surface area contributed by atoms with Crippen molar-refractivity contribution in [2.24, 2.45) is 0 Å². The lowest BCUT2D eigenvalue weighted by Crippen LogP contribution is -2.54. The summed E-state index contributed by atoms with van der Waals surface area (Å²) in [7, 11) is 0. The van der Waals surface area contributed by atoms with Crippen LogP contribution in [-0.2, 0) is 4.79 Å². The summed E-state index contributed by atoms with van der Waals surface area (Å²) >= 11 is 0. The average molecular weight is 220 g/mol. The molecular formula is C12H16N2O2. The number of hydrogen-bond acceptors (Lipinski definition) is 3. The molecule has 4 heteroatoms. The summed E-state index contributed by atoms with van der Waals surface area (Å²) in [5.41, 5.74) is 2.30. The van der Waals surface area contributed by atoms with Crippen LogP contribution in [0.2, 0.25) is 0 Å². The third-order valence-electron chi connectivity index (χ3n) is 2.84. The molecule has 1 fully saturated rings. The van der Waals surface area contributed by atoms with E-state index in [2.05, 4.69) is 16.3 Å². The number of carboxylic acids is 1. The molecule has 0 aromatic heterocycles. The van der Waals surface area contributed by atoms with E-state index in [0.29, 0.717) is 13.1 Å². The quantitative estimate of drug-likeness (QED) is 0.776. The van der Waals surface area contributed by atoms with E-state index < -0.39 is 12.0 Å². The van der Waals surface area contributed by atoms with Crippen molar-refractivity contribution in [3.05, 3.63) is 29.8 Å². The minimum absolute atomic E-state index is 0.464. The summed E-state index contributed by atoms with van der Waals surface area (Å²) < 4.78 is 0. The number of rotatable bonds is 2. The standard InChI is InChI=1S/C12H16N2O2/c1-9-3-2-4-10(7-9)14-6-5-13-11(8-14)12(15)16/h2-4,7,11,13H,5-6,8H2,1H3,(H,15,16). The molecule has 0 radical (unpaired) electrons. The highest BCUT2D eigenvalue weighted by Crippen LogP contribution is 2.17. The molecule has 0 amide bonds. The fraction of sp³-hybridized carbons (Fsp3) is 0.417. The summed E-state index contributed by atoms with van der Waals surface area (Å²) in [6, 6.07) is 7.69. The van der Waals surface area contributed by atoms with Gasteiger partial charge in [-0.15, -0.1) is 0 Å². The van der Waals surface area contributed by atoms with Gasteiger partial charge in [0, 0.05) is 25.3 Å². The number of piperazine rings is 1. The topological polar surface area (TPSA) is 52.6 Å². The molecule has 0 bridgehead atoms. The molecule has 1 aliphatic heterocycles. The molecule has 1 aromatic rings. The summed E-state index contributed by atoms with van der Waals surface area (Å²) in [6.45, 7) is 4.14. The maximum atomic E-state index is 10.9. The first-order valence-corrected chi connectivity index (χ1v) is 5.44. The highest BCUT2D eigenvalue weighted by molar-refractivity contribution is 5.75. The van der Waals surface area contributed by atoms with E-state index in [-0.39, 0.29) is 0 Å².